The first-order valence-electron chi connectivity index (χ1n) is 7.47. The molecule has 1 aromatic rings. The molecule has 1 aromatic carbocycles. The number of allylic oxidation sites excluding steroid dienone is 1. The van der Waals surface area contributed by atoms with E-state index >= 15 is 0 Å². The van der Waals surface area contributed by atoms with Crippen LogP contribution in [0, 0.1) is 11.3 Å². The fourth-order valence-electron chi connectivity index (χ4n) is 1.79. The number of unbranched alkanes of at least 4 members (excludes halogenated alkanes) is 1. The number of hydrogen-bond acceptors (Lipinski definition) is 5. The number of carbonyl (C=O) groups excluding carboxylic acids is 1. The van der Waals surface area contributed by atoms with Crippen LogP contribution in [-0.4, -0.2) is 21.5 Å². The summed E-state index contributed by atoms with van der Waals surface area (Å²) < 4.78 is 5.05. The quantitative estimate of drug-likeness (QED) is 0.281. The number of rotatable bonds is 9. The van der Waals surface area contributed by atoms with Gasteiger partial charge in [0, 0.05) is 6.42 Å². The van der Waals surface area contributed by atoms with E-state index in [0.717, 1.165) is 18.4 Å². The van der Waals surface area contributed by atoms with Gasteiger partial charge in [-0.05, 0) is 31.7 Å². The average molecular weight is 348 g/mol. The highest BCUT2D eigenvalue weighted by molar-refractivity contribution is 8.24. The third-order valence-corrected chi connectivity index (χ3v) is 4.84. The van der Waals surface area contributed by atoms with Crippen LogP contribution in [0.15, 0.2) is 43.0 Å². The topological polar surface area (TPSA) is 50.1 Å². The minimum absolute atomic E-state index is 0.211. The van der Waals surface area contributed by atoms with E-state index in [9.17, 15) is 10.1 Å². The third-order valence-electron chi connectivity index (χ3n) is 3.19. The van der Waals surface area contributed by atoms with E-state index in [1.54, 1.807) is 13.0 Å². The molecule has 3 nitrogen and oxygen atoms in total. The molecule has 5 heteroatoms. The van der Waals surface area contributed by atoms with E-state index in [4.69, 9.17) is 17.0 Å². The lowest BCUT2D eigenvalue weighted by atomic mass is 10.1. The minimum Gasteiger partial charge on any atom is -0.466 e. The second-order valence-electron chi connectivity index (χ2n) is 5.25. The molecule has 0 spiro atoms. The lowest BCUT2D eigenvalue weighted by molar-refractivity contribution is -0.143. The van der Waals surface area contributed by atoms with Crippen molar-refractivity contribution in [2.45, 2.75) is 37.4 Å². The molecule has 0 N–H and O–H groups in total. The Balaban J connectivity index is 2.48. The van der Waals surface area contributed by atoms with Gasteiger partial charge in [-0.15, -0.1) is 6.58 Å². The van der Waals surface area contributed by atoms with E-state index in [1.165, 1.54) is 11.8 Å². The Kier molecular flexibility index (Phi) is 8.60. The lowest BCUT2D eigenvalue weighted by Gasteiger charge is -2.20. The van der Waals surface area contributed by atoms with Crippen molar-refractivity contribution < 1.29 is 9.53 Å². The van der Waals surface area contributed by atoms with Crippen LogP contribution in [0.25, 0.3) is 0 Å². The summed E-state index contributed by atoms with van der Waals surface area (Å²) in [4.78, 5) is 11.7. The Morgan fingerprint density at radius 3 is 2.78 bits per heavy atom. The Labute approximate surface area is 147 Å². The first kappa shape index (κ1) is 19.4. The van der Waals surface area contributed by atoms with Crippen LogP contribution in [-0.2, 0) is 9.53 Å². The Morgan fingerprint density at radius 2 is 2.17 bits per heavy atom. The Bertz CT molecular complexity index is 580. The van der Waals surface area contributed by atoms with Crippen molar-refractivity contribution >= 4 is 34.1 Å². The molecule has 0 bridgehead atoms. The predicted octanol–water partition coefficient (Wildman–Crippen LogP) is 4.67. The van der Waals surface area contributed by atoms with Gasteiger partial charge in [-0.1, -0.05) is 60.4 Å². The van der Waals surface area contributed by atoms with Crippen LogP contribution in [0.2, 0.25) is 0 Å². The molecule has 0 aliphatic heterocycles. The van der Waals surface area contributed by atoms with Gasteiger partial charge >= 0.3 is 5.97 Å². The van der Waals surface area contributed by atoms with Gasteiger partial charge in [0.05, 0.1) is 16.9 Å². The van der Waals surface area contributed by atoms with Crippen molar-refractivity contribution in [1.82, 2.24) is 0 Å². The van der Waals surface area contributed by atoms with E-state index < -0.39 is 4.75 Å². The standard InChI is InChI=1S/C18H21NO2S2/c1-3-4-8-13-21-16(20)11-12-18(2,14-19)23-17(22)15-9-6-5-7-10-15/h3,5-7,9-10H,1,4,8,11-13H2,2H3. The Hall–Kier alpha value is -1.64. The summed E-state index contributed by atoms with van der Waals surface area (Å²) in [7, 11) is 0. The summed E-state index contributed by atoms with van der Waals surface area (Å²) in [6.07, 6.45) is 4.01. The van der Waals surface area contributed by atoms with Crippen molar-refractivity contribution in [2.75, 3.05) is 6.61 Å². The van der Waals surface area contributed by atoms with Crippen molar-refractivity contribution in [3.05, 3.63) is 48.6 Å². The molecule has 0 aliphatic carbocycles. The number of thioether (sulfide) groups is 1. The predicted molar refractivity (Wildman–Crippen MR) is 99.4 cm³/mol. The number of nitrogens with zero attached hydrogens (tertiary/aromatic N) is 1. The van der Waals surface area contributed by atoms with Crippen LogP contribution in [0.5, 0.6) is 0 Å². The van der Waals surface area contributed by atoms with Crippen LogP contribution in [0.3, 0.4) is 0 Å². The number of benzene rings is 1. The molecule has 122 valence electrons. The van der Waals surface area contributed by atoms with Gasteiger partial charge in [0.2, 0.25) is 0 Å². The number of carbonyl (C=O) groups is 1. The van der Waals surface area contributed by atoms with Gasteiger partial charge in [0.15, 0.2) is 0 Å². The van der Waals surface area contributed by atoms with Crippen LogP contribution in [0.1, 0.15) is 38.2 Å². The maximum Gasteiger partial charge on any atom is 0.305 e. The molecule has 0 heterocycles. The summed E-state index contributed by atoms with van der Waals surface area (Å²) >= 11 is 6.72. The summed E-state index contributed by atoms with van der Waals surface area (Å²) in [5, 5.41) is 9.45. The second kappa shape index (κ2) is 10.2. The molecule has 0 aliphatic rings. The van der Waals surface area contributed by atoms with Gasteiger partial charge in [0.1, 0.15) is 4.75 Å². The van der Waals surface area contributed by atoms with Crippen LogP contribution < -0.4 is 0 Å². The Morgan fingerprint density at radius 1 is 1.48 bits per heavy atom. The van der Waals surface area contributed by atoms with E-state index in [-0.39, 0.29) is 12.4 Å². The maximum absolute atomic E-state index is 11.7. The van der Waals surface area contributed by atoms with Gasteiger partial charge in [0.25, 0.3) is 0 Å². The number of hydrogen-bond donors (Lipinski definition) is 0. The van der Waals surface area contributed by atoms with Crippen molar-refractivity contribution in [3.8, 4) is 6.07 Å². The third kappa shape index (κ3) is 7.45. The van der Waals surface area contributed by atoms with Crippen molar-refractivity contribution in [3.63, 3.8) is 0 Å². The fourth-order valence-corrected chi connectivity index (χ4v) is 3.39. The van der Waals surface area contributed by atoms with Gasteiger partial charge in [-0.3, -0.25) is 4.79 Å². The first-order valence-corrected chi connectivity index (χ1v) is 8.69. The molecule has 1 unspecified atom stereocenters. The summed E-state index contributed by atoms with van der Waals surface area (Å²) in [6.45, 7) is 5.81. The molecular formula is C18H21NO2S2. The van der Waals surface area contributed by atoms with Crippen LogP contribution >= 0.6 is 24.0 Å². The highest BCUT2D eigenvalue weighted by Crippen LogP contribution is 2.33. The fraction of sp³-hybridized carbons (Fsp3) is 0.389. The van der Waals surface area contributed by atoms with Gasteiger partial charge in [-0.2, -0.15) is 5.26 Å². The lowest BCUT2D eigenvalue weighted by Crippen LogP contribution is -2.22. The number of thiocarbonyl (C=S) groups is 1. The number of esters is 1. The minimum atomic E-state index is -0.743. The average Bonchev–Trinajstić information content (AvgIpc) is 2.57. The van der Waals surface area contributed by atoms with Crippen molar-refractivity contribution in [1.29, 1.82) is 5.26 Å². The summed E-state index contributed by atoms with van der Waals surface area (Å²) in [5.74, 6) is -0.276. The molecule has 23 heavy (non-hydrogen) atoms. The molecule has 0 saturated carbocycles. The first-order chi connectivity index (χ1) is 11.0. The zero-order valence-electron chi connectivity index (χ0n) is 13.3. The van der Waals surface area contributed by atoms with Gasteiger partial charge in [-0.25, -0.2) is 0 Å². The molecule has 1 atom stereocenters. The smallest absolute Gasteiger partial charge is 0.305 e. The normalized spacial score (nSPS) is 12.7. The van der Waals surface area contributed by atoms with Crippen LogP contribution in [0.4, 0.5) is 0 Å². The van der Waals surface area contributed by atoms with E-state index in [0.29, 0.717) is 17.2 Å². The summed E-state index contributed by atoms with van der Waals surface area (Å²) in [5.41, 5.74) is 0.918. The highest BCUT2D eigenvalue weighted by atomic mass is 32.2. The number of ether oxygens (including phenoxy) is 1. The zero-order valence-corrected chi connectivity index (χ0v) is 14.9. The van der Waals surface area contributed by atoms with E-state index in [1.807, 2.05) is 30.3 Å². The largest absolute Gasteiger partial charge is 0.466 e. The van der Waals surface area contributed by atoms with Gasteiger partial charge < -0.3 is 4.74 Å². The molecule has 0 saturated heterocycles. The molecule has 0 aromatic heterocycles. The molecular weight excluding hydrogens is 326 g/mol. The molecule has 1 rings (SSSR count). The molecule has 0 fully saturated rings. The van der Waals surface area contributed by atoms with E-state index in [2.05, 4.69) is 12.6 Å². The second-order valence-corrected chi connectivity index (χ2v) is 7.43. The maximum atomic E-state index is 11.7. The number of nitriles is 1. The summed E-state index contributed by atoms with van der Waals surface area (Å²) in [6, 6.07) is 11.8. The zero-order chi connectivity index (χ0) is 17.1. The highest BCUT2D eigenvalue weighted by Gasteiger charge is 2.28. The molecule has 0 amide bonds. The van der Waals surface area contributed by atoms with Crippen molar-refractivity contribution in [2.24, 2.45) is 0 Å². The SMILES string of the molecule is C=CCCCOC(=O)CCC(C)(C#N)SC(=S)c1ccccc1. The molecule has 0 radical (unpaired) electrons. The monoisotopic (exact) mass is 347 g/mol.